The number of hydrogen-bond donors (Lipinski definition) is 0. The summed E-state index contributed by atoms with van der Waals surface area (Å²) in [4.78, 5) is 0. The molecule has 1 atom stereocenters. The van der Waals surface area contributed by atoms with Gasteiger partial charge in [-0.15, -0.1) is 0 Å². The van der Waals surface area contributed by atoms with E-state index in [1.807, 2.05) is 0 Å². The van der Waals surface area contributed by atoms with Gasteiger partial charge in [0.15, 0.2) is 0 Å². The first kappa shape index (κ1) is 11.7. The molecule has 0 fully saturated rings. The van der Waals surface area contributed by atoms with Crippen molar-refractivity contribution in [3.05, 3.63) is 12.2 Å². The molecule has 0 heteroatoms. The third-order valence-electron chi connectivity index (χ3n) is 2.45. The number of rotatable bonds is 6. The van der Waals surface area contributed by atoms with Gasteiger partial charge in [0, 0.05) is 0 Å². The lowest BCUT2D eigenvalue weighted by Crippen LogP contribution is -2.00. The first-order valence-electron chi connectivity index (χ1n) is 5.25. The normalized spacial score (nSPS) is 13.4. The Morgan fingerprint density at radius 3 is 2.17 bits per heavy atom. The van der Waals surface area contributed by atoms with Crippen LogP contribution >= 0.6 is 0 Å². The maximum atomic E-state index is 4.12. The van der Waals surface area contributed by atoms with Crippen LogP contribution in [0.3, 0.4) is 0 Å². The second-order valence-electron chi connectivity index (χ2n) is 4.28. The minimum Gasteiger partial charge on any atom is -0.0996 e. The predicted molar refractivity (Wildman–Crippen MR) is 57.3 cm³/mol. The van der Waals surface area contributed by atoms with Crippen molar-refractivity contribution in [2.45, 2.75) is 53.4 Å². The third-order valence-corrected chi connectivity index (χ3v) is 2.45. The first-order chi connectivity index (χ1) is 5.57. The fraction of sp³-hybridized carbons (Fsp3) is 0.833. The summed E-state index contributed by atoms with van der Waals surface area (Å²) in [5, 5.41) is 0. The fourth-order valence-electron chi connectivity index (χ4n) is 1.35. The highest BCUT2D eigenvalue weighted by Gasteiger charge is 2.06. The van der Waals surface area contributed by atoms with Crippen molar-refractivity contribution < 1.29 is 0 Å². The van der Waals surface area contributed by atoms with Gasteiger partial charge in [0.1, 0.15) is 0 Å². The second kappa shape index (κ2) is 6.28. The average molecular weight is 168 g/mol. The highest BCUT2D eigenvalue weighted by atomic mass is 14.1. The van der Waals surface area contributed by atoms with Gasteiger partial charge in [-0.25, -0.2) is 0 Å². The zero-order valence-corrected chi connectivity index (χ0v) is 9.19. The van der Waals surface area contributed by atoms with Gasteiger partial charge in [-0.2, -0.15) is 0 Å². The van der Waals surface area contributed by atoms with Crippen molar-refractivity contribution in [2.75, 3.05) is 0 Å². The summed E-state index contributed by atoms with van der Waals surface area (Å²) in [5.41, 5.74) is 1.44. The van der Waals surface area contributed by atoms with E-state index in [1.54, 1.807) is 0 Å². The lowest BCUT2D eigenvalue weighted by Gasteiger charge is -2.15. The van der Waals surface area contributed by atoms with E-state index in [4.69, 9.17) is 0 Å². The van der Waals surface area contributed by atoms with Crippen LogP contribution in [0.2, 0.25) is 0 Å². The summed E-state index contributed by atoms with van der Waals surface area (Å²) in [6, 6.07) is 0. The van der Waals surface area contributed by atoms with Crippen LogP contribution in [0, 0.1) is 11.8 Å². The Labute approximate surface area is 78.1 Å². The SMILES string of the molecule is C=C(CCC)C(C)CCC(C)C. The molecule has 0 aliphatic carbocycles. The summed E-state index contributed by atoms with van der Waals surface area (Å²) < 4.78 is 0. The topological polar surface area (TPSA) is 0 Å². The molecule has 0 saturated carbocycles. The smallest absolute Gasteiger partial charge is 0.0234 e. The van der Waals surface area contributed by atoms with Gasteiger partial charge in [-0.1, -0.05) is 52.7 Å². The van der Waals surface area contributed by atoms with Crippen LogP contribution in [0.15, 0.2) is 12.2 Å². The lowest BCUT2D eigenvalue weighted by atomic mass is 9.91. The van der Waals surface area contributed by atoms with Crippen LogP contribution in [-0.4, -0.2) is 0 Å². The van der Waals surface area contributed by atoms with Crippen LogP contribution in [0.5, 0.6) is 0 Å². The van der Waals surface area contributed by atoms with Crippen LogP contribution in [0.25, 0.3) is 0 Å². The Morgan fingerprint density at radius 1 is 1.17 bits per heavy atom. The van der Waals surface area contributed by atoms with E-state index in [2.05, 4.69) is 34.3 Å². The van der Waals surface area contributed by atoms with Crippen LogP contribution in [0.4, 0.5) is 0 Å². The number of allylic oxidation sites excluding steroid dienone is 1. The van der Waals surface area contributed by atoms with E-state index < -0.39 is 0 Å². The van der Waals surface area contributed by atoms with Gasteiger partial charge < -0.3 is 0 Å². The molecule has 12 heavy (non-hydrogen) atoms. The largest absolute Gasteiger partial charge is 0.0996 e. The van der Waals surface area contributed by atoms with Crippen LogP contribution < -0.4 is 0 Å². The lowest BCUT2D eigenvalue weighted by molar-refractivity contribution is 0.481. The summed E-state index contributed by atoms with van der Waals surface area (Å²) >= 11 is 0. The Balaban J connectivity index is 3.56. The van der Waals surface area contributed by atoms with E-state index in [0.29, 0.717) is 0 Å². The van der Waals surface area contributed by atoms with E-state index in [9.17, 15) is 0 Å². The maximum Gasteiger partial charge on any atom is -0.0234 e. The zero-order chi connectivity index (χ0) is 9.56. The monoisotopic (exact) mass is 168 g/mol. The van der Waals surface area contributed by atoms with E-state index in [1.165, 1.54) is 31.3 Å². The molecule has 0 aliphatic rings. The highest BCUT2D eigenvalue weighted by Crippen LogP contribution is 2.21. The predicted octanol–water partition coefficient (Wildman–Crippen LogP) is 4.42. The van der Waals surface area contributed by atoms with Gasteiger partial charge >= 0.3 is 0 Å². The summed E-state index contributed by atoms with van der Waals surface area (Å²) in [7, 11) is 0. The molecule has 0 nitrogen and oxygen atoms in total. The highest BCUT2D eigenvalue weighted by molar-refractivity contribution is 4.98. The number of hydrogen-bond acceptors (Lipinski definition) is 0. The molecule has 0 aliphatic heterocycles. The average Bonchev–Trinajstić information content (AvgIpc) is 2.00. The fourth-order valence-corrected chi connectivity index (χ4v) is 1.35. The maximum absolute atomic E-state index is 4.12. The Bertz CT molecular complexity index is 122. The molecule has 1 unspecified atom stereocenters. The van der Waals surface area contributed by atoms with Gasteiger partial charge in [0.2, 0.25) is 0 Å². The van der Waals surface area contributed by atoms with Gasteiger partial charge in [-0.3, -0.25) is 0 Å². The summed E-state index contributed by atoms with van der Waals surface area (Å²) in [6.45, 7) is 13.2. The minimum absolute atomic E-state index is 0.729. The van der Waals surface area contributed by atoms with Crippen molar-refractivity contribution in [3.63, 3.8) is 0 Å². The molecule has 0 aromatic heterocycles. The Morgan fingerprint density at radius 2 is 1.75 bits per heavy atom. The van der Waals surface area contributed by atoms with E-state index in [-0.39, 0.29) is 0 Å². The van der Waals surface area contributed by atoms with Crippen molar-refractivity contribution in [2.24, 2.45) is 11.8 Å². The molecule has 0 bridgehead atoms. The molecule has 0 aromatic rings. The molecular formula is C12H24. The molecule has 0 spiro atoms. The summed E-state index contributed by atoms with van der Waals surface area (Å²) in [5.74, 6) is 1.56. The minimum atomic E-state index is 0.729. The third kappa shape index (κ3) is 5.40. The standard InChI is InChI=1S/C12H24/c1-6-7-11(4)12(5)9-8-10(2)3/h10,12H,4,6-9H2,1-3,5H3. The van der Waals surface area contributed by atoms with Crippen molar-refractivity contribution in [1.29, 1.82) is 0 Å². The van der Waals surface area contributed by atoms with Crippen molar-refractivity contribution in [1.82, 2.24) is 0 Å². The molecule has 0 saturated heterocycles. The molecule has 72 valence electrons. The molecule has 0 N–H and O–H groups in total. The molecule has 0 heterocycles. The molecule has 0 radical (unpaired) electrons. The molecule has 0 rings (SSSR count). The van der Waals surface area contributed by atoms with E-state index in [0.717, 1.165) is 11.8 Å². The quantitative estimate of drug-likeness (QED) is 0.515. The van der Waals surface area contributed by atoms with Crippen molar-refractivity contribution in [3.8, 4) is 0 Å². The molecule has 0 amide bonds. The first-order valence-corrected chi connectivity index (χ1v) is 5.25. The van der Waals surface area contributed by atoms with Gasteiger partial charge in [0.05, 0.1) is 0 Å². The van der Waals surface area contributed by atoms with Gasteiger partial charge in [0.25, 0.3) is 0 Å². The molecule has 0 aromatic carbocycles. The van der Waals surface area contributed by atoms with Gasteiger partial charge in [-0.05, 0) is 24.7 Å². The molecular weight excluding hydrogens is 144 g/mol. The van der Waals surface area contributed by atoms with Crippen LogP contribution in [0.1, 0.15) is 53.4 Å². The Hall–Kier alpha value is -0.260. The van der Waals surface area contributed by atoms with E-state index >= 15 is 0 Å². The van der Waals surface area contributed by atoms with Crippen molar-refractivity contribution >= 4 is 0 Å². The summed E-state index contributed by atoms with van der Waals surface area (Å²) in [6.07, 6.45) is 5.10. The second-order valence-corrected chi connectivity index (χ2v) is 4.28. The Kier molecular flexibility index (Phi) is 6.14. The zero-order valence-electron chi connectivity index (χ0n) is 9.19. The van der Waals surface area contributed by atoms with Crippen LogP contribution in [-0.2, 0) is 0 Å².